The quantitative estimate of drug-likeness (QED) is 0.652. The van der Waals surface area contributed by atoms with Crippen LogP contribution >= 0.6 is 0 Å². The summed E-state index contributed by atoms with van der Waals surface area (Å²) >= 11 is 0. The molecular weight excluding hydrogens is 258 g/mol. The molecule has 0 unspecified atom stereocenters. The molecule has 108 valence electrons. The summed E-state index contributed by atoms with van der Waals surface area (Å²) in [6.07, 6.45) is 3.94. The van der Waals surface area contributed by atoms with Gasteiger partial charge in [-0.2, -0.15) is 0 Å². The number of rotatable bonds is 4. The van der Waals surface area contributed by atoms with Crippen LogP contribution in [0.2, 0.25) is 0 Å². The van der Waals surface area contributed by atoms with E-state index in [0.29, 0.717) is 0 Å². The number of nitrogens with zero attached hydrogens (tertiary/aromatic N) is 1. The maximum atomic E-state index is 12.0. The topological polar surface area (TPSA) is 98.3 Å². The van der Waals surface area contributed by atoms with Gasteiger partial charge in [0.15, 0.2) is 0 Å². The van der Waals surface area contributed by atoms with Gasteiger partial charge < -0.3 is 11.1 Å². The Labute approximate surface area is 117 Å². The first kappa shape index (κ1) is 14.5. The van der Waals surface area contributed by atoms with Crippen LogP contribution in [0.1, 0.15) is 37.7 Å². The van der Waals surface area contributed by atoms with Gasteiger partial charge in [-0.15, -0.1) is 0 Å². The lowest BCUT2D eigenvalue weighted by molar-refractivity contribution is -0.384. The molecule has 1 aliphatic carbocycles. The van der Waals surface area contributed by atoms with E-state index in [1.165, 1.54) is 6.07 Å². The molecule has 0 radical (unpaired) electrons. The molecule has 0 atom stereocenters. The van der Waals surface area contributed by atoms with Crippen LogP contribution in [0.4, 0.5) is 11.4 Å². The number of anilines is 1. The van der Waals surface area contributed by atoms with E-state index in [1.54, 1.807) is 19.1 Å². The minimum Gasteiger partial charge on any atom is -0.325 e. The van der Waals surface area contributed by atoms with Crippen LogP contribution in [0.3, 0.4) is 0 Å². The second-order valence-electron chi connectivity index (χ2n) is 5.57. The molecule has 0 saturated heterocycles. The van der Waals surface area contributed by atoms with E-state index in [4.69, 9.17) is 5.73 Å². The van der Waals surface area contributed by atoms with Gasteiger partial charge in [0.1, 0.15) is 5.69 Å². The number of benzene rings is 1. The predicted molar refractivity (Wildman–Crippen MR) is 76.5 cm³/mol. The number of aryl methyl sites for hydroxylation is 1. The fourth-order valence-electron chi connectivity index (χ4n) is 2.67. The van der Waals surface area contributed by atoms with Crippen molar-refractivity contribution in [2.75, 3.05) is 5.32 Å². The summed E-state index contributed by atoms with van der Waals surface area (Å²) in [6, 6.07) is 4.74. The van der Waals surface area contributed by atoms with Gasteiger partial charge in [-0.25, -0.2) is 0 Å². The summed E-state index contributed by atoms with van der Waals surface area (Å²) in [5.41, 5.74) is 6.61. The molecule has 6 heteroatoms. The maximum Gasteiger partial charge on any atom is 0.293 e. The van der Waals surface area contributed by atoms with Crippen molar-refractivity contribution in [2.24, 2.45) is 5.73 Å². The first-order valence-electron chi connectivity index (χ1n) is 6.73. The molecule has 0 aliphatic heterocycles. The van der Waals surface area contributed by atoms with E-state index in [1.807, 2.05) is 0 Å². The van der Waals surface area contributed by atoms with Crippen LogP contribution in [0, 0.1) is 17.0 Å². The maximum absolute atomic E-state index is 12.0. The summed E-state index contributed by atoms with van der Waals surface area (Å²) in [5, 5.41) is 13.6. The van der Waals surface area contributed by atoms with Crippen LogP contribution in [0.25, 0.3) is 0 Å². The van der Waals surface area contributed by atoms with Crippen LogP contribution in [0.5, 0.6) is 0 Å². The van der Waals surface area contributed by atoms with Gasteiger partial charge in [0.25, 0.3) is 5.69 Å². The standard InChI is InChI=1S/C14H19N3O3/c1-10-4-5-11(12(8-10)17(19)20)16-13(18)9-14(15)6-2-3-7-14/h4-5,8H,2-3,6-7,9,15H2,1H3,(H,16,18). The monoisotopic (exact) mass is 277 g/mol. The average Bonchev–Trinajstić information content (AvgIpc) is 2.77. The fraction of sp³-hybridized carbons (Fsp3) is 0.500. The van der Waals surface area contributed by atoms with Crippen LogP contribution < -0.4 is 11.1 Å². The third-order valence-electron chi connectivity index (χ3n) is 3.74. The number of nitro benzene ring substituents is 1. The van der Waals surface area contributed by atoms with Crippen LogP contribution in [-0.2, 0) is 4.79 Å². The Hall–Kier alpha value is -1.95. The molecule has 1 aromatic carbocycles. The van der Waals surface area contributed by atoms with Crippen molar-refractivity contribution in [1.29, 1.82) is 0 Å². The van der Waals surface area contributed by atoms with E-state index in [-0.39, 0.29) is 23.7 Å². The molecule has 1 fully saturated rings. The number of hydrogen-bond acceptors (Lipinski definition) is 4. The van der Waals surface area contributed by atoms with Gasteiger partial charge >= 0.3 is 0 Å². The second-order valence-corrected chi connectivity index (χ2v) is 5.57. The molecule has 1 amide bonds. The summed E-state index contributed by atoms with van der Waals surface area (Å²) < 4.78 is 0. The zero-order valence-corrected chi connectivity index (χ0v) is 11.5. The van der Waals surface area contributed by atoms with E-state index in [2.05, 4.69) is 5.32 Å². The Morgan fingerprint density at radius 1 is 1.45 bits per heavy atom. The van der Waals surface area contributed by atoms with Crippen molar-refractivity contribution in [3.63, 3.8) is 0 Å². The number of carbonyl (C=O) groups excluding carboxylic acids is 1. The number of carbonyl (C=O) groups is 1. The summed E-state index contributed by atoms with van der Waals surface area (Å²) in [5.74, 6) is -0.263. The third kappa shape index (κ3) is 3.33. The minimum absolute atomic E-state index is 0.0872. The number of nitro groups is 1. The normalized spacial score (nSPS) is 16.9. The van der Waals surface area contributed by atoms with Gasteiger partial charge in [0.05, 0.1) is 4.92 Å². The van der Waals surface area contributed by atoms with Crippen molar-refractivity contribution in [1.82, 2.24) is 0 Å². The predicted octanol–water partition coefficient (Wildman–Crippen LogP) is 2.50. The van der Waals surface area contributed by atoms with Crippen LogP contribution in [0.15, 0.2) is 18.2 Å². The van der Waals surface area contributed by atoms with Crippen molar-refractivity contribution in [3.05, 3.63) is 33.9 Å². The SMILES string of the molecule is Cc1ccc(NC(=O)CC2(N)CCCC2)c([N+](=O)[O-])c1. The lowest BCUT2D eigenvalue weighted by atomic mass is 9.94. The number of amides is 1. The molecule has 20 heavy (non-hydrogen) atoms. The Balaban J connectivity index is 2.09. The molecule has 1 aromatic rings. The Morgan fingerprint density at radius 3 is 2.70 bits per heavy atom. The molecule has 1 aliphatic rings. The number of nitrogens with two attached hydrogens (primary N) is 1. The van der Waals surface area contributed by atoms with E-state index >= 15 is 0 Å². The van der Waals surface area contributed by atoms with E-state index < -0.39 is 10.5 Å². The molecular formula is C14H19N3O3. The van der Waals surface area contributed by atoms with E-state index in [0.717, 1.165) is 31.2 Å². The van der Waals surface area contributed by atoms with Crippen molar-refractivity contribution in [3.8, 4) is 0 Å². The molecule has 1 saturated carbocycles. The zero-order chi connectivity index (χ0) is 14.8. The lowest BCUT2D eigenvalue weighted by Crippen LogP contribution is -2.40. The Kier molecular flexibility index (Phi) is 4.04. The van der Waals surface area contributed by atoms with Gasteiger partial charge in [-0.05, 0) is 31.4 Å². The Morgan fingerprint density at radius 2 is 2.10 bits per heavy atom. The van der Waals surface area contributed by atoms with Gasteiger partial charge in [0, 0.05) is 18.0 Å². The molecule has 0 bridgehead atoms. The first-order chi connectivity index (χ1) is 9.39. The Bertz CT molecular complexity index is 536. The smallest absolute Gasteiger partial charge is 0.293 e. The molecule has 0 heterocycles. The first-order valence-corrected chi connectivity index (χ1v) is 6.73. The number of nitrogens with one attached hydrogen (secondary N) is 1. The molecule has 3 N–H and O–H groups in total. The summed E-state index contributed by atoms with van der Waals surface area (Å²) in [6.45, 7) is 1.77. The van der Waals surface area contributed by atoms with Gasteiger partial charge in [0.2, 0.25) is 5.91 Å². The van der Waals surface area contributed by atoms with Crippen LogP contribution in [-0.4, -0.2) is 16.4 Å². The highest BCUT2D eigenvalue weighted by Gasteiger charge is 2.32. The van der Waals surface area contributed by atoms with Crippen molar-refractivity contribution >= 4 is 17.3 Å². The summed E-state index contributed by atoms with van der Waals surface area (Å²) in [7, 11) is 0. The largest absolute Gasteiger partial charge is 0.325 e. The second kappa shape index (κ2) is 5.58. The van der Waals surface area contributed by atoms with Crippen molar-refractivity contribution < 1.29 is 9.72 Å². The highest BCUT2D eigenvalue weighted by Crippen LogP contribution is 2.31. The minimum atomic E-state index is -0.490. The molecule has 2 rings (SSSR count). The third-order valence-corrected chi connectivity index (χ3v) is 3.74. The van der Waals surface area contributed by atoms with Gasteiger partial charge in [-0.3, -0.25) is 14.9 Å². The lowest BCUT2D eigenvalue weighted by Gasteiger charge is -2.22. The highest BCUT2D eigenvalue weighted by molar-refractivity contribution is 5.93. The molecule has 0 aromatic heterocycles. The summed E-state index contributed by atoms with van der Waals surface area (Å²) in [4.78, 5) is 22.5. The highest BCUT2D eigenvalue weighted by atomic mass is 16.6. The molecule has 6 nitrogen and oxygen atoms in total. The van der Waals surface area contributed by atoms with E-state index in [9.17, 15) is 14.9 Å². The molecule has 0 spiro atoms. The van der Waals surface area contributed by atoms with Crippen molar-refractivity contribution in [2.45, 2.75) is 44.6 Å². The fourth-order valence-corrected chi connectivity index (χ4v) is 2.67. The average molecular weight is 277 g/mol. The zero-order valence-electron chi connectivity index (χ0n) is 11.5. The number of hydrogen-bond donors (Lipinski definition) is 2. The van der Waals surface area contributed by atoms with Gasteiger partial charge in [-0.1, -0.05) is 18.9 Å².